The van der Waals surface area contributed by atoms with Gasteiger partial charge in [0.25, 0.3) is 0 Å². The van der Waals surface area contributed by atoms with Crippen LogP contribution in [-0.4, -0.2) is 49.8 Å². The van der Waals surface area contributed by atoms with E-state index in [9.17, 15) is 19.7 Å². The normalized spacial score (nSPS) is 27.0. The Hall–Kier alpha value is -1.67. The third-order valence-electron chi connectivity index (χ3n) is 3.90. The lowest BCUT2D eigenvalue weighted by Crippen LogP contribution is -2.50. The van der Waals surface area contributed by atoms with Crippen molar-refractivity contribution in [3.05, 3.63) is 47.9 Å². The summed E-state index contributed by atoms with van der Waals surface area (Å²) in [6.07, 6.45) is -1.84. The summed E-state index contributed by atoms with van der Waals surface area (Å²) in [4.78, 5) is 4.28. The van der Waals surface area contributed by atoms with Gasteiger partial charge in [0.05, 0.1) is 11.8 Å². The summed E-state index contributed by atoms with van der Waals surface area (Å²) in [5.74, 6) is 0.444. The SMILES string of the molecule is Cc1cc(F)ccc1-c1cc(O[C@H]2SC[C@@H](O)[C@H](O)[C@H]2O)ccn1. The molecule has 1 aromatic heterocycles. The van der Waals surface area contributed by atoms with E-state index < -0.39 is 23.7 Å². The summed E-state index contributed by atoms with van der Waals surface area (Å²) >= 11 is 1.23. The minimum atomic E-state index is -1.24. The van der Waals surface area contributed by atoms with Crippen LogP contribution in [0.15, 0.2) is 36.5 Å². The smallest absolute Gasteiger partial charge is 0.173 e. The van der Waals surface area contributed by atoms with E-state index in [2.05, 4.69) is 4.98 Å². The number of ether oxygens (including phenoxy) is 1. The third kappa shape index (κ3) is 3.54. The third-order valence-corrected chi connectivity index (χ3v) is 5.14. The monoisotopic (exact) mass is 351 g/mol. The van der Waals surface area contributed by atoms with Gasteiger partial charge in [0, 0.05) is 23.6 Å². The van der Waals surface area contributed by atoms with Crippen LogP contribution in [0, 0.1) is 12.7 Å². The lowest BCUT2D eigenvalue weighted by Gasteiger charge is -2.34. The van der Waals surface area contributed by atoms with E-state index in [1.807, 2.05) is 0 Å². The highest BCUT2D eigenvalue weighted by Crippen LogP contribution is 2.31. The average Bonchev–Trinajstić information content (AvgIpc) is 2.56. The largest absolute Gasteiger partial charge is 0.477 e. The number of aryl methyl sites for hydroxylation is 1. The molecule has 0 saturated carbocycles. The summed E-state index contributed by atoms with van der Waals surface area (Å²) in [7, 11) is 0. The van der Waals surface area contributed by atoms with Gasteiger partial charge in [-0.25, -0.2) is 4.39 Å². The number of hydrogen-bond donors (Lipinski definition) is 3. The molecular formula is C17H18FNO4S. The molecule has 24 heavy (non-hydrogen) atoms. The van der Waals surface area contributed by atoms with Gasteiger partial charge in [-0.1, -0.05) is 0 Å². The fourth-order valence-electron chi connectivity index (χ4n) is 2.56. The van der Waals surface area contributed by atoms with E-state index in [1.54, 1.807) is 31.3 Å². The van der Waals surface area contributed by atoms with Crippen molar-refractivity contribution in [2.24, 2.45) is 0 Å². The first kappa shape index (κ1) is 17.2. The van der Waals surface area contributed by atoms with Crippen molar-refractivity contribution >= 4 is 11.8 Å². The molecule has 1 saturated heterocycles. The van der Waals surface area contributed by atoms with Gasteiger partial charge in [-0.15, -0.1) is 11.8 Å². The van der Waals surface area contributed by atoms with E-state index in [0.29, 0.717) is 11.4 Å². The molecule has 0 aliphatic carbocycles. The predicted octanol–water partition coefficient (Wildman–Crippen LogP) is 1.73. The highest BCUT2D eigenvalue weighted by Gasteiger charge is 2.38. The molecule has 4 atom stereocenters. The van der Waals surface area contributed by atoms with Crippen molar-refractivity contribution in [2.75, 3.05) is 5.75 Å². The van der Waals surface area contributed by atoms with Crippen molar-refractivity contribution in [3.8, 4) is 17.0 Å². The second-order valence-corrected chi connectivity index (χ2v) is 6.84. The van der Waals surface area contributed by atoms with Crippen molar-refractivity contribution in [1.82, 2.24) is 4.98 Å². The first-order chi connectivity index (χ1) is 11.5. The summed E-state index contributed by atoms with van der Waals surface area (Å²) in [6, 6.07) is 7.80. The van der Waals surface area contributed by atoms with E-state index >= 15 is 0 Å². The van der Waals surface area contributed by atoms with E-state index in [-0.39, 0.29) is 11.6 Å². The molecule has 0 bridgehead atoms. The molecule has 5 nitrogen and oxygen atoms in total. The Labute approximate surface area is 143 Å². The molecule has 0 radical (unpaired) electrons. The predicted molar refractivity (Wildman–Crippen MR) is 89.3 cm³/mol. The number of hydrogen-bond acceptors (Lipinski definition) is 6. The van der Waals surface area contributed by atoms with E-state index in [0.717, 1.165) is 11.1 Å². The second kappa shape index (κ2) is 7.06. The van der Waals surface area contributed by atoms with Crippen LogP contribution >= 0.6 is 11.8 Å². The average molecular weight is 351 g/mol. The van der Waals surface area contributed by atoms with Crippen LogP contribution in [-0.2, 0) is 0 Å². The zero-order valence-electron chi connectivity index (χ0n) is 13.0. The second-order valence-electron chi connectivity index (χ2n) is 5.70. The zero-order chi connectivity index (χ0) is 17.3. The molecule has 0 spiro atoms. The van der Waals surface area contributed by atoms with Crippen LogP contribution in [0.4, 0.5) is 4.39 Å². The quantitative estimate of drug-likeness (QED) is 0.781. The number of halogens is 1. The molecule has 2 heterocycles. The number of thioether (sulfide) groups is 1. The Bertz CT molecular complexity index is 729. The van der Waals surface area contributed by atoms with Crippen LogP contribution < -0.4 is 4.74 Å². The summed E-state index contributed by atoms with van der Waals surface area (Å²) < 4.78 is 19.0. The van der Waals surface area contributed by atoms with Gasteiger partial charge < -0.3 is 20.1 Å². The highest BCUT2D eigenvalue weighted by atomic mass is 32.2. The molecule has 1 aliphatic heterocycles. The molecule has 3 rings (SSSR count). The zero-order valence-corrected chi connectivity index (χ0v) is 13.8. The van der Waals surface area contributed by atoms with Gasteiger partial charge in [0.2, 0.25) is 0 Å². The number of rotatable bonds is 3. The fraction of sp³-hybridized carbons (Fsp3) is 0.353. The first-order valence-electron chi connectivity index (χ1n) is 7.51. The summed E-state index contributed by atoms with van der Waals surface area (Å²) in [5.41, 5.74) is 1.48. The van der Waals surface area contributed by atoms with Gasteiger partial charge >= 0.3 is 0 Å². The van der Waals surface area contributed by atoms with Gasteiger partial charge in [-0.3, -0.25) is 4.98 Å². The maximum absolute atomic E-state index is 13.2. The molecule has 0 unspecified atom stereocenters. The van der Waals surface area contributed by atoms with Crippen LogP contribution in [0.1, 0.15) is 5.56 Å². The van der Waals surface area contributed by atoms with Crippen LogP contribution in [0.25, 0.3) is 11.3 Å². The Morgan fingerprint density at radius 3 is 2.71 bits per heavy atom. The topological polar surface area (TPSA) is 82.8 Å². The van der Waals surface area contributed by atoms with E-state index in [4.69, 9.17) is 4.74 Å². The molecule has 1 aliphatic rings. The molecule has 7 heteroatoms. The van der Waals surface area contributed by atoms with Crippen LogP contribution in [0.2, 0.25) is 0 Å². The molecule has 3 N–H and O–H groups in total. The Kier molecular flexibility index (Phi) is 5.05. The highest BCUT2D eigenvalue weighted by molar-refractivity contribution is 7.99. The molecule has 2 aromatic rings. The molecule has 1 fully saturated rings. The number of aliphatic hydroxyl groups is 3. The standard InChI is InChI=1S/C17H18FNO4S/c1-9-6-10(18)2-3-12(9)13-7-11(4-5-19-13)23-17-16(22)15(21)14(20)8-24-17/h2-7,14-17,20-22H,8H2,1H3/t14-,15+,16-,17+/m1/s1. The Balaban J connectivity index is 1.81. The first-order valence-corrected chi connectivity index (χ1v) is 8.55. The van der Waals surface area contributed by atoms with Gasteiger partial charge in [-0.2, -0.15) is 0 Å². The van der Waals surface area contributed by atoms with Gasteiger partial charge in [-0.05, 0) is 36.8 Å². The lowest BCUT2D eigenvalue weighted by atomic mass is 10.0. The summed E-state index contributed by atoms with van der Waals surface area (Å²) in [5, 5.41) is 29.3. The van der Waals surface area contributed by atoms with Crippen molar-refractivity contribution in [1.29, 1.82) is 0 Å². The van der Waals surface area contributed by atoms with E-state index in [1.165, 1.54) is 23.9 Å². The molecular weight excluding hydrogens is 333 g/mol. The fourth-order valence-corrected chi connectivity index (χ4v) is 3.68. The Morgan fingerprint density at radius 2 is 1.96 bits per heavy atom. The number of benzene rings is 1. The number of nitrogens with zero attached hydrogens (tertiary/aromatic N) is 1. The van der Waals surface area contributed by atoms with Crippen molar-refractivity contribution < 1.29 is 24.4 Å². The van der Waals surface area contributed by atoms with Crippen LogP contribution in [0.5, 0.6) is 5.75 Å². The van der Waals surface area contributed by atoms with Crippen molar-refractivity contribution in [2.45, 2.75) is 30.7 Å². The minimum Gasteiger partial charge on any atom is -0.477 e. The molecule has 0 amide bonds. The molecule has 128 valence electrons. The van der Waals surface area contributed by atoms with Crippen molar-refractivity contribution in [3.63, 3.8) is 0 Å². The number of aromatic nitrogens is 1. The van der Waals surface area contributed by atoms with Gasteiger partial charge in [0.15, 0.2) is 5.44 Å². The van der Waals surface area contributed by atoms with Gasteiger partial charge in [0.1, 0.15) is 23.8 Å². The van der Waals surface area contributed by atoms with Crippen LogP contribution in [0.3, 0.4) is 0 Å². The maximum Gasteiger partial charge on any atom is 0.173 e. The Morgan fingerprint density at radius 1 is 1.17 bits per heavy atom. The number of pyridine rings is 1. The molecule has 1 aromatic carbocycles. The lowest BCUT2D eigenvalue weighted by molar-refractivity contribution is -0.0786. The maximum atomic E-state index is 13.2. The summed E-state index contributed by atoms with van der Waals surface area (Å²) in [6.45, 7) is 1.80. The number of aliphatic hydroxyl groups excluding tert-OH is 3. The minimum absolute atomic E-state index is 0.276.